The molecule has 0 bridgehead atoms. The smallest absolute Gasteiger partial charge is 0.220 e. The van der Waals surface area contributed by atoms with E-state index in [1.807, 2.05) is 79.0 Å². The molecule has 4 heterocycles. The van der Waals surface area contributed by atoms with Crippen molar-refractivity contribution in [2.75, 3.05) is 0 Å². The summed E-state index contributed by atoms with van der Waals surface area (Å²) >= 11 is 0. The number of aromatic nitrogens is 3. The van der Waals surface area contributed by atoms with Crippen LogP contribution >= 0.6 is 0 Å². The fourth-order valence-corrected chi connectivity index (χ4v) is 11.2. The topological polar surface area (TPSA) is 64.0 Å². The third-order valence-electron chi connectivity index (χ3n) is 13.8. The minimum Gasteiger partial charge on any atom is -0.455 e. The Morgan fingerprint density at radius 2 is 1.01 bits per heavy atom. The van der Waals surface area contributed by atoms with Gasteiger partial charge in [-0.1, -0.05) is 158 Å². The van der Waals surface area contributed by atoms with Crippen molar-refractivity contribution < 1.29 is 4.42 Å². The average molecular weight is 852 g/mol. The maximum atomic E-state index is 11.9. The summed E-state index contributed by atoms with van der Waals surface area (Å²) in [7, 11) is 0. The maximum absolute atomic E-state index is 11.9. The predicted octanol–water partition coefficient (Wildman–Crippen LogP) is 16.3. The molecule has 14 rings (SSSR count). The van der Waals surface area contributed by atoms with Gasteiger partial charge in [-0.05, 0) is 58.5 Å². The zero-order valence-corrected chi connectivity index (χ0v) is 35.7. The first kappa shape index (κ1) is 36.9. The molecule has 67 heavy (non-hydrogen) atoms. The molecule has 0 aliphatic rings. The average Bonchev–Trinajstić information content (AvgIpc) is 4.06. The summed E-state index contributed by atoms with van der Waals surface area (Å²) in [5.41, 5.74) is 13.6. The normalized spacial score (nSPS) is 11.9. The second-order valence-electron chi connectivity index (χ2n) is 17.1. The van der Waals surface area contributed by atoms with Gasteiger partial charge in [0.25, 0.3) is 0 Å². The summed E-state index contributed by atoms with van der Waals surface area (Å²) in [6, 6.07) is 69.4. The number of hydrogen-bond acceptors (Lipinski definition) is 3. The summed E-state index contributed by atoms with van der Waals surface area (Å²) in [6.07, 6.45) is 1.86. The lowest BCUT2D eigenvalue weighted by atomic mass is 9.88. The van der Waals surface area contributed by atoms with Gasteiger partial charge in [-0.2, -0.15) is 5.26 Å². The Kier molecular flexibility index (Phi) is 7.72. The number of para-hydroxylation sites is 3. The largest absolute Gasteiger partial charge is 0.455 e. The van der Waals surface area contributed by atoms with Crippen molar-refractivity contribution in [2.45, 2.75) is 0 Å². The third-order valence-corrected chi connectivity index (χ3v) is 13.8. The van der Waals surface area contributed by atoms with Crippen molar-refractivity contribution in [3.8, 4) is 50.8 Å². The zero-order valence-electron chi connectivity index (χ0n) is 35.7. The van der Waals surface area contributed by atoms with Crippen molar-refractivity contribution >= 4 is 92.9 Å². The molecule has 0 saturated heterocycles. The maximum Gasteiger partial charge on any atom is 0.220 e. The molecule has 0 radical (unpaired) electrons. The van der Waals surface area contributed by atoms with E-state index in [1.54, 1.807) is 0 Å². The van der Waals surface area contributed by atoms with E-state index in [0.29, 0.717) is 28.2 Å². The molecule has 0 aliphatic carbocycles. The first-order valence-corrected chi connectivity index (χ1v) is 22.3. The van der Waals surface area contributed by atoms with Crippen LogP contribution in [0, 0.1) is 17.9 Å². The molecule has 0 unspecified atom stereocenters. The molecule has 6 nitrogen and oxygen atoms in total. The van der Waals surface area contributed by atoms with Crippen molar-refractivity contribution in [2.24, 2.45) is 0 Å². The van der Waals surface area contributed by atoms with E-state index >= 15 is 0 Å². The second-order valence-corrected chi connectivity index (χ2v) is 17.1. The number of hydrogen-bond donors (Lipinski definition) is 0. The van der Waals surface area contributed by atoms with Crippen LogP contribution in [0.5, 0.6) is 0 Å². The van der Waals surface area contributed by atoms with Crippen LogP contribution in [0.15, 0.2) is 205 Å². The number of pyridine rings is 1. The molecular formula is C61H33N5O. The van der Waals surface area contributed by atoms with Gasteiger partial charge in [-0.15, -0.1) is 0 Å². The Bertz CT molecular complexity index is 4380. The Labute approximate surface area is 383 Å². The molecule has 4 aromatic heterocycles. The number of benzene rings is 10. The van der Waals surface area contributed by atoms with Gasteiger partial charge in [-0.3, -0.25) is 4.98 Å². The van der Waals surface area contributed by atoms with Crippen molar-refractivity contribution in [3.63, 3.8) is 0 Å². The Morgan fingerprint density at radius 1 is 0.463 bits per heavy atom. The van der Waals surface area contributed by atoms with E-state index in [-0.39, 0.29) is 0 Å². The lowest BCUT2D eigenvalue weighted by Crippen LogP contribution is -2.08. The highest BCUT2D eigenvalue weighted by Crippen LogP contribution is 2.54. The van der Waals surface area contributed by atoms with Crippen LogP contribution in [0.2, 0.25) is 0 Å². The fourth-order valence-electron chi connectivity index (χ4n) is 11.2. The quantitative estimate of drug-likeness (QED) is 0.128. The molecule has 14 aromatic rings. The van der Waals surface area contributed by atoms with Gasteiger partial charge in [0, 0.05) is 66.0 Å². The summed E-state index contributed by atoms with van der Waals surface area (Å²) in [5, 5.41) is 21.5. The highest BCUT2D eigenvalue weighted by Gasteiger charge is 2.33. The molecule has 0 saturated carbocycles. The third kappa shape index (κ3) is 4.99. The summed E-state index contributed by atoms with van der Waals surface area (Å²) in [4.78, 5) is 9.45. The molecule has 10 aromatic carbocycles. The Balaban J connectivity index is 1.22. The number of fused-ring (bicyclic) bond motifs is 9. The van der Waals surface area contributed by atoms with Gasteiger partial charge in [0.15, 0.2) is 0 Å². The van der Waals surface area contributed by atoms with Crippen molar-refractivity contribution in [1.82, 2.24) is 14.1 Å². The van der Waals surface area contributed by atoms with Gasteiger partial charge in [-0.25, -0.2) is 4.85 Å². The standard InChI is InChI=1S/C61H33N5O/c1-63-58-52(36-17-4-2-5-18-36)46(35-62)59(65-47-29-10-8-22-44(47)54-40(24-14-30-48(54)65)43-26-12-25-42-38-21-9-11-33-51(38)67-61(42)43)53(37-19-6-3-7-20-37)60(58)66-49-31-13-23-39-41-28-16-34-64-57(41)45-27-15-32-50(66)56(45)55(39)49/h2-34H. The first-order valence-electron chi connectivity index (χ1n) is 22.3. The molecule has 6 heteroatoms. The molecule has 0 fully saturated rings. The van der Waals surface area contributed by atoms with Crippen LogP contribution in [0.3, 0.4) is 0 Å². The molecule has 0 atom stereocenters. The van der Waals surface area contributed by atoms with Crippen LogP contribution in [0.25, 0.3) is 137 Å². The summed E-state index contributed by atoms with van der Waals surface area (Å²) in [5.74, 6) is 0. The molecule has 0 amide bonds. The van der Waals surface area contributed by atoms with Gasteiger partial charge in [0.1, 0.15) is 17.2 Å². The number of furan rings is 1. The van der Waals surface area contributed by atoms with Crippen molar-refractivity contribution in [3.05, 3.63) is 217 Å². The van der Waals surface area contributed by atoms with E-state index in [9.17, 15) is 11.8 Å². The summed E-state index contributed by atoms with van der Waals surface area (Å²) < 4.78 is 11.2. The molecule has 0 N–H and O–H groups in total. The van der Waals surface area contributed by atoms with E-state index in [1.165, 1.54) is 0 Å². The minimum atomic E-state index is 0.396. The second kappa shape index (κ2) is 14.0. The van der Waals surface area contributed by atoms with Crippen LogP contribution in [0.4, 0.5) is 5.69 Å². The SMILES string of the molecule is [C-]#[N+]c1c(-c2ccccc2)c(C#N)c(-n2c3ccccc3c3c(-c4cccc5c4oc4ccccc45)cccc32)c(-c2ccccc2)c1-n1c2cccc3c4cccnc4c4cccc1c4c32. The summed E-state index contributed by atoms with van der Waals surface area (Å²) in [6.45, 7) is 9.24. The minimum absolute atomic E-state index is 0.396. The van der Waals surface area contributed by atoms with Crippen LogP contribution in [0.1, 0.15) is 5.56 Å². The van der Waals surface area contributed by atoms with E-state index in [4.69, 9.17) is 9.40 Å². The molecular weight excluding hydrogens is 819 g/mol. The lowest BCUT2D eigenvalue weighted by Gasteiger charge is -2.25. The van der Waals surface area contributed by atoms with E-state index in [0.717, 1.165) is 115 Å². The number of nitriles is 1. The van der Waals surface area contributed by atoms with Crippen LogP contribution < -0.4 is 0 Å². The number of nitrogens with zero attached hydrogens (tertiary/aromatic N) is 5. The first-order chi connectivity index (χ1) is 33.2. The highest BCUT2D eigenvalue weighted by molar-refractivity contribution is 6.34. The van der Waals surface area contributed by atoms with Crippen molar-refractivity contribution in [1.29, 1.82) is 5.26 Å². The number of rotatable bonds is 5. The molecule has 0 aliphatic heterocycles. The predicted molar refractivity (Wildman–Crippen MR) is 274 cm³/mol. The van der Waals surface area contributed by atoms with Gasteiger partial charge >= 0.3 is 0 Å². The van der Waals surface area contributed by atoms with Gasteiger partial charge in [0.05, 0.1) is 51.1 Å². The molecule has 308 valence electrons. The Morgan fingerprint density at radius 3 is 1.78 bits per heavy atom. The molecule has 0 spiro atoms. The van der Waals surface area contributed by atoms with Gasteiger partial charge < -0.3 is 13.6 Å². The monoisotopic (exact) mass is 851 g/mol. The van der Waals surface area contributed by atoms with Crippen LogP contribution in [-0.2, 0) is 0 Å². The lowest BCUT2D eigenvalue weighted by molar-refractivity contribution is 0.670. The Hall–Kier alpha value is -9.49. The zero-order chi connectivity index (χ0) is 44.3. The van der Waals surface area contributed by atoms with Gasteiger partial charge in [0.2, 0.25) is 5.69 Å². The van der Waals surface area contributed by atoms with Crippen LogP contribution in [-0.4, -0.2) is 14.1 Å². The highest BCUT2D eigenvalue weighted by atomic mass is 16.3. The fraction of sp³-hybridized carbons (Fsp3) is 0. The van der Waals surface area contributed by atoms with E-state index in [2.05, 4.69) is 141 Å². The van der Waals surface area contributed by atoms with E-state index < -0.39 is 0 Å².